The number of carboxylic acids is 1. The van der Waals surface area contributed by atoms with Gasteiger partial charge in [0.25, 0.3) is 0 Å². The topological polar surface area (TPSA) is 136 Å². The molecule has 8 nitrogen and oxygen atoms in total. The number of aliphatic hydroxyl groups excluding tert-OH is 2. The fraction of sp³-hybridized carbons (Fsp3) is 0.875. The highest BCUT2D eigenvalue weighted by molar-refractivity contribution is 7.98. The Bertz CT molecular complexity index is 1310. The first-order chi connectivity index (χ1) is 23.5. The van der Waals surface area contributed by atoms with Gasteiger partial charge in [0.2, 0.25) is 11.8 Å². The fourth-order valence-electron chi connectivity index (χ4n) is 13.1. The molecule has 5 rings (SSSR count). The van der Waals surface area contributed by atoms with Crippen LogP contribution in [0.2, 0.25) is 0 Å². The number of thioether (sulfide) groups is 2. The van der Waals surface area contributed by atoms with E-state index in [0.717, 1.165) is 69.8 Å². The molecule has 2 amide bonds. The predicted molar refractivity (Wildman–Crippen MR) is 204 cm³/mol. The average Bonchev–Trinajstić information content (AvgIpc) is 3.48. The minimum absolute atomic E-state index is 0.0164. The Hall–Kier alpha value is -1.23. The summed E-state index contributed by atoms with van der Waals surface area (Å²) in [7, 11) is 0. The van der Waals surface area contributed by atoms with E-state index < -0.39 is 40.9 Å². The van der Waals surface area contributed by atoms with Crippen LogP contribution in [0.3, 0.4) is 0 Å². The number of fused-ring (bicyclic) bond motifs is 7. The minimum atomic E-state index is -1.05. The first-order valence-electron chi connectivity index (χ1n) is 19.3. The van der Waals surface area contributed by atoms with E-state index in [9.17, 15) is 29.7 Å². The average molecular weight is 735 g/mol. The maximum absolute atomic E-state index is 14.9. The third-order valence-electron chi connectivity index (χ3n) is 16.1. The standard InChI is InChI=1S/C40H66N2O6S2/c1-24(2)25-11-18-40(35(48)42-27(14-21-49-7)33(45)41-28(34(46)47)15-22-50-8)20-19-38(5)26(32(25)40)9-10-30-36(3)16-13-31(44)37(4,23-43)29(36)12-17-39(30,38)6/h25-32,43-44H,1,9-23H2,2-8H3,(H,41,45)(H,42,48)(H,46,47)/t25-,26?,27?,28?,29?,30?,31-,32?,36-,37-,38+,39+,40-/m0/s1. The molecule has 5 aliphatic rings. The van der Waals surface area contributed by atoms with E-state index in [0.29, 0.717) is 36.2 Å². The largest absolute Gasteiger partial charge is 0.480 e. The number of carboxylic acid groups (broad SMARTS) is 1. The normalized spacial score (nSPS) is 43.3. The van der Waals surface area contributed by atoms with Crippen molar-refractivity contribution in [1.82, 2.24) is 10.6 Å². The van der Waals surface area contributed by atoms with Crippen LogP contribution in [-0.4, -0.2) is 81.9 Å². The molecule has 50 heavy (non-hydrogen) atoms. The van der Waals surface area contributed by atoms with Crippen LogP contribution in [-0.2, 0) is 14.4 Å². The number of aliphatic hydroxyl groups is 2. The summed E-state index contributed by atoms with van der Waals surface area (Å²) in [4.78, 5) is 40.5. The van der Waals surface area contributed by atoms with Crippen LogP contribution in [0.15, 0.2) is 12.2 Å². The zero-order valence-corrected chi connectivity index (χ0v) is 33.4. The summed E-state index contributed by atoms with van der Waals surface area (Å²) in [5, 5.41) is 37.6. The van der Waals surface area contributed by atoms with Crippen molar-refractivity contribution in [2.45, 2.75) is 130 Å². The summed E-state index contributed by atoms with van der Waals surface area (Å²) in [5.41, 5.74) is 0.185. The van der Waals surface area contributed by atoms with Crippen molar-refractivity contribution in [3.05, 3.63) is 12.2 Å². The second-order valence-electron chi connectivity index (χ2n) is 18.0. The molecule has 0 radical (unpaired) electrons. The highest BCUT2D eigenvalue weighted by Gasteiger charge is 2.72. The van der Waals surface area contributed by atoms with E-state index in [-0.39, 0.29) is 46.5 Å². The van der Waals surface area contributed by atoms with Gasteiger partial charge in [-0.3, -0.25) is 9.59 Å². The van der Waals surface area contributed by atoms with E-state index in [2.05, 4.69) is 51.8 Å². The van der Waals surface area contributed by atoms with E-state index in [1.54, 1.807) is 23.5 Å². The summed E-state index contributed by atoms with van der Waals surface area (Å²) in [6.07, 6.45) is 13.5. The molecule has 0 aromatic carbocycles. The van der Waals surface area contributed by atoms with Gasteiger partial charge >= 0.3 is 5.97 Å². The highest BCUT2D eigenvalue weighted by Crippen LogP contribution is 2.77. The van der Waals surface area contributed by atoms with Gasteiger partial charge in [-0.15, -0.1) is 0 Å². The smallest absolute Gasteiger partial charge is 0.326 e. The molecule has 13 atom stereocenters. The van der Waals surface area contributed by atoms with Gasteiger partial charge in [-0.25, -0.2) is 4.79 Å². The van der Waals surface area contributed by atoms with Crippen molar-refractivity contribution in [2.24, 2.45) is 56.7 Å². The number of amides is 2. The van der Waals surface area contributed by atoms with Crippen LogP contribution in [0.25, 0.3) is 0 Å². The molecule has 0 aromatic rings. The van der Waals surface area contributed by atoms with Crippen LogP contribution in [0.4, 0.5) is 0 Å². The Kier molecular flexibility index (Phi) is 11.9. The summed E-state index contributed by atoms with van der Waals surface area (Å²) in [6.45, 7) is 16.3. The van der Waals surface area contributed by atoms with Gasteiger partial charge in [0.1, 0.15) is 12.1 Å². The van der Waals surface area contributed by atoms with Gasteiger partial charge in [-0.2, -0.15) is 23.5 Å². The molecule has 0 aliphatic heterocycles. The van der Waals surface area contributed by atoms with Gasteiger partial charge in [-0.1, -0.05) is 39.8 Å². The third-order valence-corrected chi connectivity index (χ3v) is 17.4. The Morgan fingerprint density at radius 3 is 2.08 bits per heavy atom. The van der Waals surface area contributed by atoms with E-state index in [1.165, 1.54) is 0 Å². The third kappa shape index (κ3) is 6.29. The summed E-state index contributed by atoms with van der Waals surface area (Å²) in [5.74, 6) is 1.27. The summed E-state index contributed by atoms with van der Waals surface area (Å²) in [6, 6.07) is -1.77. The second kappa shape index (κ2) is 14.9. The Morgan fingerprint density at radius 1 is 0.820 bits per heavy atom. The SMILES string of the molecule is C=C(C)[C@@H]1CC[C@]2(C(=O)NC(CCSC)C(=O)NC(CCSC)C(=O)O)CC[C@]3(C)C(CCC4[C@@]5(C)CC[C@H](O)[C@@](C)(CO)C5CC[C@]43C)C12. The Morgan fingerprint density at radius 2 is 1.48 bits per heavy atom. The van der Waals surface area contributed by atoms with Crippen LogP contribution in [0.1, 0.15) is 112 Å². The minimum Gasteiger partial charge on any atom is -0.480 e. The lowest BCUT2D eigenvalue weighted by atomic mass is 9.32. The molecule has 0 heterocycles. The number of carbonyl (C=O) groups excluding carboxylic acids is 2. The van der Waals surface area contributed by atoms with Gasteiger partial charge in [-0.05, 0) is 154 Å². The molecule has 284 valence electrons. The maximum atomic E-state index is 14.9. The number of carbonyl (C=O) groups is 3. The summed E-state index contributed by atoms with van der Waals surface area (Å²) < 4.78 is 0. The number of nitrogens with one attached hydrogen (secondary N) is 2. The molecule has 0 aromatic heterocycles. The molecule has 0 saturated heterocycles. The lowest BCUT2D eigenvalue weighted by Gasteiger charge is -2.73. The predicted octanol–water partition coefficient (Wildman–Crippen LogP) is 6.54. The molecule has 6 unspecified atom stereocenters. The lowest BCUT2D eigenvalue weighted by molar-refractivity contribution is -0.252. The van der Waals surface area contributed by atoms with Gasteiger partial charge in [0.15, 0.2) is 0 Å². The Balaban J connectivity index is 1.45. The van der Waals surface area contributed by atoms with E-state index >= 15 is 0 Å². The highest BCUT2D eigenvalue weighted by atomic mass is 32.2. The van der Waals surface area contributed by atoms with Crippen LogP contribution in [0.5, 0.6) is 0 Å². The van der Waals surface area contributed by atoms with E-state index in [4.69, 9.17) is 0 Å². The quantitative estimate of drug-likeness (QED) is 0.135. The molecule has 5 saturated carbocycles. The first kappa shape index (κ1) is 40.0. The zero-order chi connectivity index (χ0) is 36.9. The monoisotopic (exact) mass is 734 g/mol. The van der Waals surface area contributed by atoms with Gasteiger partial charge < -0.3 is 26.0 Å². The number of rotatable bonds is 13. The lowest BCUT2D eigenvalue weighted by Crippen LogP contribution is -2.68. The zero-order valence-electron chi connectivity index (χ0n) is 31.8. The summed E-state index contributed by atoms with van der Waals surface area (Å²) >= 11 is 3.16. The van der Waals surface area contributed by atoms with Crippen molar-refractivity contribution in [2.75, 3.05) is 30.6 Å². The number of aliphatic carboxylic acids is 1. The number of allylic oxidation sites excluding steroid dienone is 1. The molecular formula is C40H66N2O6S2. The Labute approximate surface area is 309 Å². The van der Waals surface area contributed by atoms with Crippen molar-refractivity contribution >= 4 is 41.3 Å². The van der Waals surface area contributed by atoms with Crippen molar-refractivity contribution in [3.8, 4) is 0 Å². The van der Waals surface area contributed by atoms with Crippen molar-refractivity contribution in [3.63, 3.8) is 0 Å². The maximum Gasteiger partial charge on any atom is 0.326 e. The molecule has 0 bridgehead atoms. The molecule has 5 aliphatic carbocycles. The second-order valence-corrected chi connectivity index (χ2v) is 20.0. The van der Waals surface area contributed by atoms with Crippen LogP contribution >= 0.6 is 23.5 Å². The molecule has 10 heteroatoms. The first-order valence-corrected chi connectivity index (χ1v) is 22.1. The van der Waals surface area contributed by atoms with Crippen LogP contribution in [0, 0.1) is 56.7 Å². The van der Waals surface area contributed by atoms with Crippen molar-refractivity contribution < 1.29 is 29.7 Å². The molecule has 0 spiro atoms. The molecular weight excluding hydrogens is 669 g/mol. The number of hydrogen-bond donors (Lipinski definition) is 5. The van der Waals surface area contributed by atoms with Gasteiger partial charge in [0.05, 0.1) is 18.1 Å². The molecule has 5 N–H and O–H groups in total. The molecule has 5 fully saturated rings. The fourth-order valence-corrected chi connectivity index (χ4v) is 14.1. The van der Waals surface area contributed by atoms with E-state index in [1.807, 2.05) is 12.5 Å². The van der Waals surface area contributed by atoms with Gasteiger partial charge in [0, 0.05) is 5.41 Å². The number of hydrogen-bond acceptors (Lipinski definition) is 7. The van der Waals surface area contributed by atoms with Crippen LogP contribution < -0.4 is 10.6 Å². The van der Waals surface area contributed by atoms with Crippen molar-refractivity contribution in [1.29, 1.82) is 0 Å².